The van der Waals surface area contributed by atoms with Crippen LogP contribution in [0.25, 0.3) is 0 Å². The van der Waals surface area contributed by atoms with E-state index in [1.54, 1.807) is 0 Å². The highest BCUT2D eigenvalue weighted by Gasteiger charge is 2.51. The molecule has 2 unspecified atom stereocenters. The number of carbonyl (C=O) groups is 1. The van der Waals surface area contributed by atoms with Crippen molar-refractivity contribution in [3.63, 3.8) is 0 Å². The lowest BCUT2D eigenvalue weighted by atomic mass is 9.61. The number of aliphatic carboxylic acids is 1. The molecule has 0 saturated heterocycles. The van der Waals surface area contributed by atoms with Gasteiger partial charge in [-0.2, -0.15) is 0 Å². The van der Waals surface area contributed by atoms with E-state index in [4.69, 9.17) is 20.8 Å². The third kappa shape index (κ3) is 1.36. The second-order valence-corrected chi connectivity index (χ2v) is 3.29. The number of aliphatic hydroxyl groups is 2. The van der Waals surface area contributed by atoms with Crippen LogP contribution in [0, 0.1) is 5.92 Å². The van der Waals surface area contributed by atoms with E-state index < -0.39 is 22.9 Å². The predicted octanol–water partition coefficient (Wildman–Crippen LogP) is -1.80. The number of hydrogen-bond donors (Lipinski definition) is 3. The van der Waals surface area contributed by atoms with Crippen molar-refractivity contribution in [2.75, 3.05) is 0 Å². The summed E-state index contributed by atoms with van der Waals surface area (Å²) < 4.78 is 0. The molecule has 1 aliphatic rings. The first-order valence-electron chi connectivity index (χ1n) is 3.51. The Labute approximate surface area is 72.4 Å². The molecule has 0 aromatic carbocycles. The second kappa shape index (κ2) is 2.50. The molecule has 0 amide bonds. The molecule has 6 heteroatoms. The third-order valence-electron chi connectivity index (χ3n) is 2.21. The van der Waals surface area contributed by atoms with E-state index in [-0.39, 0.29) is 12.8 Å². The summed E-state index contributed by atoms with van der Waals surface area (Å²) in [7, 11) is 10.4. The molecule has 62 valence electrons. The highest BCUT2D eigenvalue weighted by molar-refractivity contribution is 6.26. The predicted molar refractivity (Wildman–Crippen MR) is 41.8 cm³/mol. The fraction of sp³-hybridized carbons (Fsp3) is 0.833. The van der Waals surface area contributed by atoms with Crippen LogP contribution in [0.1, 0.15) is 12.8 Å². The van der Waals surface area contributed by atoms with Gasteiger partial charge in [-0.3, -0.25) is 4.79 Å². The highest BCUT2D eigenvalue weighted by Crippen LogP contribution is 2.38. The average molecular weight is 166 g/mol. The molecule has 1 aliphatic carbocycles. The maximum atomic E-state index is 10.4. The Kier molecular flexibility index (Phi) is 2.00. The van der Waals surface area contributed by atoms with E-state index in [1.165, 1.54) is 0 Å². The first-order chi connectivity index (χ1) is 5.26. The first-order valence-corrected chi connectivity index (χ1v) is 3.51. The van der Waals surface area contributed by atoms with Gasteiger partial charge < -0.3 is 15.3 Å². The number of carboxylic acids is 1. The topological polar surface area (TPSA) is 77.8 Å². The largest absolute Gasteiger partial charge is 0.481 e. The summed E-state index contributed by atoms with van der Waals surface area (Å²) in [5, 5.41) is 27.1. The molecule has 1 fully saturated rings. The Morgan fingerprint density at radius 1 is 1.25 bits per heavy atom. The fourth-order valence-electron chi connectivity index (χ4n) is 1.35. The number of hydrogen-bond acceptors (Lipinski definition) is 3. The summed E-state index contributed by atoms with van der Waals surface area (Å²) in [4.78, 5) is 10.4. The zero-order chi connectivity index (χ0) is 9.57. The standard InChI is InChI=1S/C6H8B2O4/c7-5(11)1-3(4(9)10)2-6(5,8)12/h3,11-12H,1-2H2,(H,9,10). The third-order valence-corrected chi connectivity index (χ3v) is 2.21. The van der Waals surface area contributed by atoms with Gasteiger partial charge in [-0.05, 0) is 12.8 Å². The average Bonchev–Trinajstić information content (AvgIpc) is 2.03. The molecular weight excluding hydrogens is 158 g/mol. The minimum absolute atomic E-state index is 0.227. The lowest BCUT2D eigenvalue weighted by molar-refractivity contribution is -0.141. The zero-order valence-corrected chi connectivity index (χ0v) is 6.40. The zero-order valence-electron chi connectivity index (χ0n) is 6.40. The Balaban J connectivity index is 2.81. The van der Waals surface area contributed by atoms with Gasteiger partial charge in [-0.15, -0.1) is 0 Å². The molecule has 0 aromatic rings. The SMILES string of the molecule is [B]C1(O)CC(C(=O)O)CC1([B])O. The van der Waals surface area contributed by atoms with Crippen molar-refractivity contribution in [2.45, 2.75) is 23.8 Å². The molecule has 0 aliphatic heterocycles. The summed E-state index contributed by atoms with van der Waals surface area (Å²) in [5.74, 6) is -1.99. The van der Waals surface area contributed by atoms with E-state index in [2.05, 4.69) is 0 Å². The van der Waals surface area contributed by atoms with Crippen molar-refractivity contribution < 1.29 is 20.1 Å². The van der Waals surface area contributed by atoms with Gasteiger partial charge in [0.1, 0.15) is 15.7 Å². The molecular formula is C6H8B2O4. The van der Waals surface area contributed by atoms with Crippen molar-refractivity contribution in [3.8, 4) is 0 Å². The molecule has 3 N–H and O–H groups in total. The van der Waals surface area contributed by atoms with Gasteiger partial charge >= 0.3 is 5.97 Å². The second-order valence-electron chi connectivity index (χ2n) is 3.29. The Morgan fingerprint density at radius 2 is 1.58 bits per heavy atom. The lowest BCUT2D eigenvalue weighted by Gasteiger charge is -2.32. The van der Waals surface area contributed by atoms with E-state index in [0.717, 1.165) is 0 Å². The van der Waals surface area contributed by atoms with Crippen molar-refractivity contribution in [2.24, 2.45) is 5.92 Å². The van der Waals surface area contributed by atoms with E-state index in [0.29, 0.717) is 0 Å². The van der Waals surface area contributed by atoms with Crippen LogP contribution in [0.4, 0.5) is 0 Å². The summed E-state index contributed by atoms with van der Waals surface area (Å²) in [6, 6.07) is 0. The molecule has 1 rings (SSSR count). The molecule has 1 saturated carbocycles. The summed E-state index contributed by atoms with van der Waals surface area (Å²) in [6.07, 6.45) is -0.454. The Hall–Kier alpha value is -0.480. The smallest absolute Gasteiger partial charge is 0.306 e. The maximum Gasteiger partial charge on any atom is 0.306 e. The van der Waals surface area contributed by atoms with Gasteiger partial charge in [-0.25, -0.2) is 0 Å². The quantitative estimate of drug-likeness (QED) is 0.401. The Bertz CT molecular complexity index is 198. The van der Waals surface area contributed by atoms with E-state index >= 15 is 0 Å². The molecule has 0 bridgehead atoms. The van der Waals surface area contributed by atoms with Crippen LogP contribution < -0.4 is 0 Å². The molecule has 0 spiro atoms. The van der Waals surface area contributed by atoms with Crippen molar-refractivity contribution in [3.05, 3.63) is 0 Å². The van der Waals surface area contributed by atoms with Gasteiger partial charge in [0.05, 0.1) is 5.92 Å². The van der Waals surface area contributed by atoms with Gasteiger partial charge in [0, 0.05) is 11.0 Å². The molecule has 0 aromatic heterocycles. The summed E-state index contributed by atoms with van der Waals surface area (Å²) in [6.45, 7) is 0. The lowest BCUT2D eigenvalue weighted by Crippen LogP contribution is -2.50. The van der Waals surface area contributed by atoms with Crippen molar-refractivity contribution in [1.29, 1.82) is 0 Å². The monoisotopic (exact) mass is 166 g/mol. The number of carboxylic acid groups (broad SMARTS) is 1. The molecule has 4 radical (unpaired) electrons. The minimum atomic E-state index is -2.00. The molecule has 0 heterocycles. The normalized spacial score (nSPS) is 47.7. The van der Waals surface area contributed by atoms with Crippen LogP contribution in [0.3, 0.4) is 0 Å². The van der Waals surface area contributed by atoms with E-state index in [9.17, 15) is 15.0 Å². The summed E-state index contributed by atoms with van der Waals surface area (Å²) >= 11 is 0. The maximum absolute atomic E-state index is 10.4. The van der Waals surface area contributed by atoms with Crippen LogP contribution in [-0.2, 0) is 4.79 Å². The summed E-state index contributed by atoms with van der Waals surface area (Å²) in [5.41, 5.74) is -4.01. The van der Waals surface area contributed by atoms with Gasteiger partial charge in [0.15, 0.2) is 0 Å². The van der Waals surface area contributed by atoms with Crippen molar-refractivity contribution in [1.82, 2.24) is 0 Å². The van der Waals surface area contributed by atoms with Crippen LogP contribution in [-0.4, -0.2) is 48.0 Å². The van der Waals surface area contributed by atoms with Crippen molar-refractivity contribution >= 4 is 21.7 Å². The fourth-order valence-corrected chi connectivity index (χ4v) is 1.35. The van der Waals surface area contributed by atoms with Crippen LogP contribution >= 0.6 is 0 Å². The van der Waals surface area contributed by atoms with Gasteiger partial charge in [-0.1, -0.05) is 0 Å². The molecule has 4 nitrogen and oxygen atoms in total. The van der Waals surface area contributed by atoms with Gasteiger partial charge in [0.2, 0.25) is 0 Å². The van der Waals surface area contributed by atoms with Gasteiger partial charge in [0.25, 0.3) is 0 Å². The Morgan fingerprint density at radius 3 is 1.75 bits per heavy atom. The minimum Gasteiger partial charge on any atom is -0.481 e. The van der Waals surface area contributed by atoms with Crippen LogP contribution in [0.2, 0.25) is 0 Å². The first kappa shape index (κ1) is 9.61. The van der Waals surface area contributed by atoms with E-state index in [1.807, 2.05) is 0 Å². The molecule has 12 heavy (non-hydrogen) atoms. The molecule has 2 atom stereocenters. The van der Waals surface area contributed by atoms with Crippen LogP contribution in [0.5, 0.6) is 0 Å². The highest BCUT2D eigenvalue weighted by atomic mass is 16.4. The number of rotatable bonds is 1. The van der Waals surface area contributed by atoms with Crippen LogP contribution in [0.15, 0.2) is 0 Å².